The summed E-state index contributed by atoms with van der Waals surface area (Å²) in [6.07, 6.45) is 1.76. The SMILES string of the molecule is CNc1nc(-c2ccc(-c3ccccc3)cc2)ncc1Br. The molecule has 0 radical (unpaired) electrons. The van der Waals surface area contributed by atoms with Crippen LogP contribution in [-0.4, -0.2) is 17.0 Å². The molecule has 4 heteroatoms. The maximum absolute atomic E-state index is 4.49. The molecule has 3 rings (SSSR count). The normalized spacial score (nSPS) is 10.4. The number of anilines is 1. The van der Waals surface area contributed by atoms with Crippen molar-refractivity contribution in [2.45, 2.75) is 0 Å². The lowest BCUT2D eigenvalue weighted by Crippen LogP contribution is -1.97. The van der Waals surface area contributed by atoms with Gasteiger partial charge in [-0.2, -0.15) is 0 Å². The van der Waals surface area contributed by atoms with Gasteiger partial charge >= 0.3 is 0 Å². The van der Waals surface area contributed by atoms with Crippen molar-refractivity contribution < 1.29 is 0 Å². The first-order chi connectivity index (χ1) is 10.3. The van der Waals surface area contributed by atoms with Gasteiger partial charge in [-0.1, -0.05) is 54.6 Å². The van der Waals surface area contributed by atoms with Gasteiger partial charge in [0.1, 0.15) is 5.82 Å². The Bertz CT molecular complexity index is 740. The summed E-state index contributed by atoms with van der Waals surface area (Å²) in [6, 6.07) is 18.6. The van der Waals surface area contributed by atoms with Crippen LogP contribution in [0.3, 0.4) is 0 Å². The fraction of sp³-hybridized carbons (Fsp3) is 0.0588. The zero-order chi connectivity index (χ0) is 14.7. The Morgan fingerprint density at radius 1 is 0.857 bits per heavy atom. The first kappa shape index (κ1) is 13.8. The van der Waals surface area contributed by atoms with Crippen LogP contribution in [0.4, 0.5) is 5.82 Å². The minimum atomic E-state index is 0.710. The van der Waals surface area contributed by atoms with E-state index in [2.05, 4.69) is 55.5 Å². The first-order valence-electron chi connectivity index (χ1n) is 6.64. The van der Waals surface area contributed by atoms with Crippen LogP contribution >= 0.6 is 15.9 Å². The van der Waals surface area contributed by atoms with Crippen LogP contribution in [0.5, 0.6) is 0 Å². The van der Waals surface area contributed by atoms with Crippen LogP contribution in [0.25, 0.3) is 22.5 Å². The number of benzene rings is 2. The van der Waals surface area contributed by atoms with Crippen LogP contribution in [0.2, 0.25) is 0 Å². The van der Waals surface area contributed by atoms with E-state index in [0.717, 1.165) is 15.9 Å². The summed E-state index contributed by atoms with van der Waals surface area (Å²) in [4.78, 5) is 8.86. The van der Waals surface area contributed by atoms with Crippen molar-refractivity contribution in [2.75, 3.05) is 12.4 Å². The Balaban J connectivity index is 1.94. The minimum absolute atomic E-state index is 0.710. The lowest BCUT2D eigenvalue weighted by Gasteiger charge is -2.06. The molecular weight excluding hydrogens is 326 g/mol. The molecule has 0 saturated heterocycles. The van der Waals surface area contributed by atoms with E-state index >= 15 is 0 Å². The van der Waals surface area contributed by atoms with Gasteiger partial charge in [0.2, 0.25) is 0 Å². The largest absolute Gasteiger partial charge is 0.372 e. The van der Waals surface area contributed by atoms with Crippen molar-refractivity contribution in [2.24, 2.45) is 0 Å². The first-order valence-corrected chi connectivity index (χ1v) is 7.43. The zero-order valence-corrected chi connectivity index (χ0v) is 13.1. The van der Waals surface area contributed by atoms with Crippen LogP contribution in [0, 0.1) is 0 Å². The molecule has 0 aliphatic carbocycles. The molecule has 0 aliphatic rings. The van der Waals surface area contributed by atoms with E-state index in [0.29, 0.717) is 5.82 Å². The third kappa shape index (κ3) is 2.95. The molecule has 21 heavy (non-hydrogen) atoms. The fourth-order valence-electron chi connectivity index (χ4n) is 2.12. The molecule has 0 amide bonds. The molecule has 0 spiro atoms. The van der Waals surface area contributed by atoms with Crippen molar-refractivity contribution in [3.63, 3.8) is 0 Å². The lowest BCUT2D eigenvalue weighted by atomic mass is 10.0. The number of nitrogens with zero attached hydrogens (tertiary/aromatic N) is 2. The summed E-state index contributed by atoms with van der Waals surface area (Å²) in [6.45, 7) is 0. The monoisotopic (exact) mass is 339 g/mol. The number of nitrogens with one attached hydrogen (secondary N) is 1. The topological polar surface area (TPSA) is 37.8 Å². The van der Waals surface area contributed by atoms with Gasteiger partial charge in [0.15, 0.2) is 5.82 Å². The summed E-state index contributed by atoms with van der Waals surface area (Å²) < 4.78 is 0.856. The van der Waals surface area contributed by atoms with E-state index in [1.54, 1.807) is 6.20 Å². The molecule has 0 saturated carbocycles. The highest BCUT2D eigenvalue weighted by molar-refractivity contribution is 9.10. The van der Waals surface area contributed by atoms with E-state index < -0.39 is 0 Å². The molecule has 3 aromatic rings. The van der Waals surface area contributed by atoms with E-state index in [1.165, 1.54) is 11.1 Å². The Labute approximate surface area is 132 Å². The van der Waals surface area contributed by atoms with Crippen molar-refractivity contribution >= 4 is 21.7 Å². The van der Waals surface area contributed by atoms with E-state index in [4.69, 9.17) is 0 Å². The van der Waals surface area contributed by atoms with Gasteiger partial charge in [-0.15, -0.1) is 0 Å². The van der Waals surface area contributed by atoms with Gasteiger partial charge < -0.3 is 5.32 Å². The predicted molar refractivity (Wildman–Crippen MR) is 90.2 cm³/mol. The molecule has 0 aliphatic heterocycles. The molecule has 2 aromatic carbocycles. The second-order valence-electron chi connectivity index (χ2n) is 4.58. The van der Waals surface area contributed by atoms with Gasteiger partial charge in [-0.3, -0.25) is 0 Å². The average Bonchev–Trinajstić information content (AvgIpc) is 2.56. The lowest BCUT2D eigenvalue weighted by molar-refractivity contribution is 1.15. The number of aromatic nitrogens is 2. The Hall–Kier alpha value is -2.20. The summed E-state index contributed by atoms with van der Waals surface area (Å²) >= 11 is 3.42. The number of hydrogen-bond acceptors (Lipinski definition) is 3. The molecule has 0 unspecified atom stereocenters. The third-order valence-corrected chi connectivity index (χ3v) is 3.81. The molecule has 104 valence electrons. The molecular formula is C17H14BrN3. The minimum Gasteiger partial charge on any atom is -0.372 e. The standard InChI is InChI=1S/C17H14BrN3/c1-19-17-15(18)11-20-16(21-17)14-9-7-13(8-10-14)12-5-3-2-4-6-12/h2-11H,1H3,(H,19,20,21). The summed E-state index contributed by atoms with van der Waals surface area (Å²) in [5.74, 6) is 1.49. The van der Waals surface area contributed by atoms with Gasteiger partial charge in [0.25, 0.3) is 0 Å². The van der Waals surface area contributed by atoms with Crippen molar-refractivity contribution in [1.82, 2.24) is 9.97 Å². The smallest absolute Gasteiger partial charge is 0.161 e. The summed E-state index contributed by atoms with van der Waals surface area (Å²) in [7, 11) is 1.84. The summed E-state index contributed by atoms with van der Waals surface area (Å²) in [5, 5.41) is 3.04. The fourth-order valence-corrected chi connectivity index (χ4v) is 2.51. The van der Waals surface area contributed by atoms with Crippen molar-refractivity contribution in [3.8, 4) is 22.5 Å². The average molecular weight is 340 g/mol. The second-order valence-corrected chi connectivity index (χ2v) is 5.44. The van der Waals surface area contributed by atoms with Gasteiger partial charge in [-0.05, 0) is 27.1 Å². The van der Waals surface area contributed by atoms with Crippen LogP contribution < -0.4 is 5.32 Å². The van der Waals surface area contributed by atoms with Crippen molar-refractivity contribution in [1.29, 1.82) is 0 Å². The van der Waals surface area contributed by atoms with Crippen LogP contribution in [-0.2, 0) is 0 Å². The maximum atomic E-state index is 4.49. The molecule has 0 fully saturated rings. The Morgan fingerprint density at radius 2 is 1.48 bits per heavy atom. The van der Waals surface area contributed by atoms with Crippen LogP contribution in [0.1, 0.15) is 0 Å². The molecule has 3 nitrogen and oxygen atoms in total. The van der Waals surface area contributed by atoms with E-state index in [1.807, 2.05) is 37.4 Å². The molecule has 1 heterocycles. The molecule has 0 atom stereocenters. The number of hydrogen-bond donors (Lipinski definition) is 1. The highest BCUT2D eigenvalue weighted by Gasteiger charge is 2.06. The molecule has 1 N–H and O–H groups in total. The zero-order valence-electron chi connectivity index (χ0n) is 11.5. The summed E-state index contributed by atoms with van der Waals surface area (Å²) in [5.41, 5.74) is 3.39. The highest BCUT2D eigenvalue weighted by atomic mass is 79.9. The number of halogens is 1. The van der Waals surface area contributed by atoms with E-state index in [9.17, 15) is 0 Å². The van der Waals surface area contributed by atoms with Crippen molar-refractivity contribution in [3.05, 3.63) is 65.3 Å². The molecule has 0 bridgehead atoms. The second kappa shape index (κ2) is 6.06. The Morgan fingerprint density at radius 3 is 2.14 bits per heavy atom. The Kier molecular flexibility index (Phi) is 3.97. The van der Waals surface area contributed by atoms with Crippen LogP contribution in [0.15, 0.2) is 65.3 Å². The van der Waals surface area contributed by atoms with Gasteiger partial charge in [0.05, 0.1) is 4.47 Å². The number of rotatable bonds is 3. The molecule has 1 aromatic heterocycles. The van der Waals surface area contributed by atoms with Gasteiger partial charge in [0, 0.05) is 18.8 Å². The third-order valence-electron chi connectivity index (χ3n) is 3.23. The quantitative estimate of drug-likeness (QED) is 0.756. The predicted octanol–water partition coefficient (Wildman–Crippen LogP) is 4.61. The highest BCUT2D eigenvalue weighted by Crippen LogP contribution is 2.25. The maximum Gasteiger partial charge on any atom is 0.161 e. The van der Waals surface area contributed by atoms with E-state index in [-0.39, 0.29) is 0 Å². The van der Waals surface area contributed by atoms with Gasteiger partial charge in [-0.25, -0.2) is 9.97 Å².